The highest BCUT2D eigenvalue weighted by atomic mass is 32.2. The predicted octanol–water partition coefficient (Wildman–Crippen LogP) is 6.31. The maximum Gasteiger partial charge on any atom is 0.416 e. The van der Waals surface area contributed by atoms with Gasteiger partial charge in [-0.3, -0.25) is 4.90 Å². The molecule has 0 unspecified atom stereocenters. The van der Waals surface area contributed by atoms with E-state index < -0.39 is 45.4 Å². The van der Waals surface area contributed by atoms with Crippen molar-refractivity contribution in [1.82, 2.24) is 4.90 Å². The molecule has 0 aliphatic carbocycles. The molecule has 0 radical (unpaired) electrons. The summed E-state index contributed by atoms with van der Waals surface area (Å²) >= 11 is 0. The van der Waals surface area contributed by atoms with E-state index in [2.05, 4.69) is 0 Å². The number of hydrogen-bond donors (Lipinski definition) is 0. The standard InChI is InChI=1S/C26H25F6NO3S/c1-37(34,35)24-8-3-7-23(16-24)36-14-4-13-33(17-19-5-2-6-21(15-19)26(30,31)32)18-25(28,29)20-9-11-22(27)12-10-20/h2-3,5-12,15-16H,4,13-14,17-18H2,1H3. The summed E-state index contributed by atoms with van der Waals surface area (Å²) in [4.78, 5) is 1.37. The number of sulfone groups is 1. The van der Waals surface area contributed by atoms with Gasteiger partial charge in [0.25, 0.3) is 5.92 Å². The van der Waals surface area contributed by atoms with Gasteiger partial charge >= 0.3 is 6.18 Å². The molecule has 4 nitrogen and oxygen atoms in total. The van der Waals surface area contributed by atoms with Crippen molar-refractivity contribution in [3.05, 3.63) is 95.3 Å². The van der Waals surface area contributed by atoms with E-state index in [0.717, 1.165) is 42.7 Å². The van der Waals surface area contributed by atoms with E-state index in [-0.39, 0.29) is 42.3 Å². The van der Waals surface area contributed by atoms with Crippen molar-refractivity contribution in [2.75, 3.05) is 26.0 Å². The Balaban J connectivity index is 1.72. The molecule has 0 aliphatic heterocycles. The molecule has 0 saturated carbocycles. The number of benzene rings is 3. The van der Waals surface area contributed by atoms with Crippen LogP contribution in [0.2, 0.25) is 0 Å². The number of nitrogens with zero attached hydrogens (tertiary/aromatic N) is 1. The van der Waals surface area contributed by atoms with Gasteiger partial charge in [-0.1, -0.05) is 36.4 Å². The highest BCUT2D eigenvalue weighted by molar-refractivity contribution is 7.90. The third kappa shape index (κ3) is 8.50. The Kier molecular flexibility index (Phi) is 8.91. The molecule has 11 heteroatoms. The summed E-state index contributed by atoms with van der Waals surface area (Å²) in [5.41, 5.74) is -1.10. The van der Waals surface area contributed by atoms with Crippen LogP contribution < -0.4 is 4.74 Å². The minimum atomic E-state index is -4.58. The quantitative estimate of drug-likeness (QED) is 0.209. The number of rotatable bonds is 11. The molecule has 3 aromatic rings. The molecule has 0 saturated heterocycles. The van der Waals surface area contributed by atoms with Crippen molar-refractivity contribution in [2.24, 2.45) is 0 Å². The molecule has 0 amide bonds. The van der Waals surface area contributed by atoms with Gasteiger partial charge in [0.05, 0.1) is 23.6 Å². The monoisotopic (exact) mass is 545 g/mol. The van der Waals surface area contributed by atoms with Gasteiger partial charge in [0.15, 0.2) is 9.84 Å². The van der Waals surface area contributed by atoms with Crippen LogP contribution in [0, 0.1) is 5.82 Å². The molecule has 0 atom stereocenters. The summed E-state index contributed by atoms with van der Waals surface area (Å²) in [7, 11) is -3.44. The fourth-order valence-corrected chi connectivity index (χ4v) is 4.31. The molecule has 3 aromatic carbocycles. The molecule has 0 N–H and O–H groups in total. The average molecular weight is 546 g/mol. The van der Waals surface area contributed by atoms with Crippen LogP contribution in [0.3, 0.4) is 0 Å². The van der Waals surface area contributed by atoms with E-state index in [0.29, 0.717) is 0 Å². The molecule has 0 spiro atoms. The first-order chi connectivity index (χ1) is 17.2. The second-order valence-electron chi connectivity index (χ2n) is 8.57. The smallest absolute Gasteiger partial charge is 0.416 e. The zero-order valence-corrected chi connectivity index (χ0v) is 20.6. The molecule has 0 heterocycles. The molecule has 3 rings (SSSR count). The Morgan fingerprint density at radius 1 is 0.865 bits per heavy atom. The van der Waals surface area contributed by atoms with E-state index in [1.807, 2.05) is 0 Å². The number of alkyl halides is 5. The molecule has 37 heavy (non-hydrogen) atoms. The SMILES string of the molecule is CS(=O)(=O)c1cccc(OCCCN(Cc2cccc(C(F)(F)F)c2)CC(F)(F)c2ccc(F)cc2)c1. The van der Waals surface area contributed by atoms with E-state index in [1.165, 1.54) is 35.2 Å². The number of hydrogen-bond acceptors (Lipinski definition) is 4. The normalized spacial score (nSPS) is 12.6. The van der Waals surface area contributed by atoms with Crippen LogP contribution in [0.4, 0.5) is 26.3 Å². The van der Waals surface area contributed by atoms with Crippen LogP contribution in [0.5, 0.6) is 5.75 Å². The minimum absolute atomic E-state index is 0.0405. The van der Waals surface area contributed by atoms with E-state index >= 15 is 8.78 Å². The van der Waals surface area contributed by atoms with Crippen molar-refractivity contribution in [1.29, 1.82) is 0 Å². The lowest BCUT2D eigenvalue weighted by Crippen LogP contribution is -2.36. The maximum atomic E-state index is 15.0. The van der Waals surface area contributed by atoms with Crippen molar-refractivity contribution in [3.63, 3.8) is 0 Å². The average Bonchev–Trinajstić information content (AvgIpc) is 2.81. The number of ether oxygens (including phenoxy) is 1. The lowest BCUT2D eigenvalue weighted by atomic mass is 10.1. The van der Waals surface area contributed by atoms with Crippen molar-refractivity contribution < 1.29 is 39.5 Å². The van der Waals surface area contributed by atoms with Gasteiger partial charge in [0.1, 0.15) is 11.6 Å². The summed E-state index contributed by atoms with van der Waals surface area (Å²) in [5.74, 6) is -3.79. The van der Waals surface area contributed by atoms with Crippen LogP contribution in [-0.4, -0.2) is 39.3 Å². The largest absolute Gasteiger partial charge is 0.494 e. The summed E-state index contributed by atoms with van der Waals surface area (Å²) in [5, 5.41) is 0. The van der Waals surface area contributed by atoms with Crippen LogP contribution in [0.25, 0.3) is 0 Å². The minimum Gasteiger partial charge on any atom is -0.494 e. The van der Waals surface area contributed by atoms with E-state index in [4.69, 9.17) is 4.74 Å². The highest BCUT2D eigenvalue weighted by Crippen LogP contribution is 2.32. The first-order valence-electron chi connectivity index (χ1n) is 11.2. The van der Waals surface area contributed by atoms with Gasteiger partial charge in [-0.2, -0.15) is 22.0 Å². The number of halogens is 6. The fraction of sp³-hybridized carbons (Fsp3) is 0.308. The molecular formula is C26H25F6NO3S. The molecule has 0 aliphatic rings. The van der Waals surface area contributed by atoms with Gasteiger partial charge in [-0.05, 0) is 48.4 Å². The summed E-state index contributed by atoms with van der Waals surface area (Å²) in [6, 6.07) is 14.0. The molecule has 0 fully saturated rings. The summed E-state index contributed by atoms with van der Waals surface area (Å²) in [6.45, 7) is -0.921. The van der Waals surface area contributed by atoms with Crippen molar-refractivity contribution in [3.8, 4) is 5.75 Å². The fourth-order valence-electron chi connectivity index (χ4n) is 3.66. The zero-order chi connectivity index (χ0) is 27.3. The molecule has 0 aromatic heterocycles. The summed E-state index contributed by atoms with van der Waals surface area (Å²) < 4.78 is 112. The van der Waals surface area contributed by atoms with Crippen molar-refractivity contribution >= 4 is 9.84 Å². The van der Waals surface area contributed by atoms with Gasteiger partial charge in [0, 0.05) is 24.9 Å². The van der Waals surface area contributed by atoms with E-state index in [1.54, 1.807) is 6.07 Å². The maximum absolute atomic E-state index is 15.0. The lowest BCUT2D eigenvalue weighted by Gasteiger charge is -2.28. The van der Waals surface area contributed by atoms with Crippen LogP contribution in [0.1, 0.15) is 23.1 Å². The third-order valence-corrected chi connectivity index (χ3v) is 6.58. The van der Waals surface area contributed by atoms with Crippen molar-refractivity contribution in [2.45, 2.75) is 30.0 Å². The van der Waals surface area contributed by atoms with Crippen LogP contribution in [0.15, 0.2) is 77.7 Å². The predicted molar refractivity (Wildman–Crippen MR) is 127 cm³/mol. The second kappa shape index (κ2) is 11.6. The highest BCUT2D eigenvalue weighted by Gasteiger charge is 2.34. The third-order valence-electron chi connectivity index (χ3n) is 5.47. The van der Waals surface area contributed by atoms with Gasteiger partial charge in [-0.25, -0.2) is 12.8 Å². The van der Waals surface area contributed by atoms with Gasteiger partial charge < -0.3 is 4.74 Å². The topological polar surface area (TPSA) is 46.6 Å². The lowest BCUT2D eigenvalue weighted by molar-refractivity contribution is -0.137. The first-order valence-corrected chi connectivity index (χ1v) is 13.1. The van der Waals surface area contributed by atoms with Crippen LogP contribution in [-0.2, 0) is 28.5 Å². The Labute approximate surface area is 211 Å². The first kappa shape index (κ1) is 28.5. The molecule has 0 bridgehead atoms. The van der Waals surface area contributed by atoms with Gasteiger partial charge in [-0.15, -0.1) is 0 Å². The zero-order valence-electron chi connectivity index (χ0n) is 19.8. The Morgan fingerprint density at radius 3 is 2.19 bits per heavy atom. The van der Waals surface area contributed by atoms with Crippen LogP contribution >= 0.6 is 0 Å². The Hall–Kier alpha value is -3.05. The van der Waals surface area contributed by atoms with Gasteiger partial charge in [0.2, 0.25) is 0 Å². The van der Waals surface area contributed by atoms with E-state index in [9.17, 15) is 26.0 Å². The Bertz CT molecular complexity index is 1290. The Morgan fingerprint density at radius 2 is 1.54 bits per heavy atom. The molecule has 200 valence electrons. The molecular weight excluding hydrogens is 520 g/mol. The second-order valence-corrected chi connectivity index (χ2v) is 10.6. The summed E-state index contributed by atoms with van der Waals surface area (Å²) in [6.07, 6.45) is -3.30.